The summed E-state index contributed by atoms with van der Waals surface area (Å²) in [4.78, 5) is 29.8. The first-order valence-electron chi connectivity index (χ1n) is 10.9. The summed E-state index contributed by atoms with van der Waals surface area (Å²) in [5.41, 5.74) is 6.10. The van der Waals surface area contributed by atoms with Gasteiger partial charge in [-0.15, -0.1) is 0 Å². The Morgan fingerprint density at radius 1 is 1.12 bits per heavy atom. The van der Waals surface area contributed by atoms with E-state index in [1.807, 2.05) is 38.1 Å². The maximum absolute atomic E-state index is 13.4. The minimum atomic E-state index is -0.467. The average molecular weight is 448 g/mol. The van der Waals surface area contributed by atoms with Crippen molar-refractivity contribution < 1.29 is 9.59 Å². The van der Waals surface area contributed by atoms with Crippen LogP contribution in [0.4, 0.5) is 11.4 Å². The van der Waals surface area contributed by atoms with Crippen molar-refractivity contribution in [2.24, 2.45) is 0 Å². The zero-order valence-electron chi connectivity index (χ0n) is 19.4. The third-order valence-electron chi connectivity index (χ3n) is 6.89. The molecule has 5 nitrogen and oxygen atoms in total. The second kappa shape index (κ2) is 7.85. The third kappa shape index (κ3) is 3.62. The van der Waals surface area contributed by atoms with Gasteiger partial charge in [0.05, 0.1) is 5.69 Å². The monoisotopic (exact) mass is 447 g/mol. The number of benzene rings is 2. The van der Waals surface area contributed by atoms with Crippen LogP contribution in [0.15, 0.2) is 42.0 Å². The molecule has 32 heavy (non-hydrogen) atoms. The van der Waals surface area contributed by atoms with Gasteiger partial charge in [0.15, 0.2) is 5.11 Å². The highest BCUT2D eigenvalue weighted by molar-refractivity contribution is 7.80. The van der Waals surface area contributed by atoms with Gasteiger partial charge in [-0.05, 0) is 98.8 Å². The molecular weight excluding hydrogens is 418 g/mol. The molecule has 0 bridgehead atoms. The number of carbonyl (C=O) groups is 2. The van der Waals surface area contributed by atoms with Gasteiger partial charge in [0, 0.05) is 18.3 Å². The van der Waals surface area contributed by atoms with E-state index in [-0.39, 0.29) is 16.2 Å². The summed E-state index contributed by atoms with van der Waals surface area (Å²) in [6, 6.07) is 11.9. The van der Waals surface area contributed by atoms with Crippen molar-refractivity contribution in [2.45, 2.75) is 52.5 Å². The summed E-state index contributed by atoms with van der Waals surface area (Å²) in [5, 5.41) is 2.79. The second-order valence-corrected chi connectivity index (χ2v) is 9.86. The first-order chi connectivity index (χ1) is 15.0. The number of rotatable bonds is 2. The Bertz CT molecular complexity index is 1180. The standard InChI is InChI=1S/C26H29N3O2S/c1-15-8-7-9-21(17(15)3)29-24(31)20(23(30)27-25(29)32)13-18-10-11-22-19(12-18)16(2)14-26(4,5)28(22)6/h7-13,16H,14H2,1-6H3,(H,27,30,32)/b20-13+/t16-/m1/s1. The fourth-order valence-electron chi connectivity index (χ4n) is 4.71. The summed E-state index contributed by atoms with van der Waals surface area (Å²) in [7, 11) is 2.12. The lowest BCUT2D eigenvalue weighted by molar-refractivity contribution is -0.122. The molecule has 0 aliphatic carbocycles. The van der Waals surface area contributed by atoms with E-state index < -0.39 is 11.8 Å². The van der Waals surface area contributed by atoms with Gasteiger partial charge in [-0.1, -0.05) is 25.1 Å². The van der Waals surface area contributed by atoms with Gasteiger partial charge in [-0.25, -0.2) is 0 Å². The number of nitrogens with one attached hydrogen (secondary N) is 1. The highest BCUT2D eigenvalue weighted by Crippen LogP contribution is 2.42. The van der Waals surface area contributed by atoms with Crippen LogP contribution in [0.2, 0.25) is 0 Å². The summed E-state index contributed by atoms with van der Waals surface area (Å²) in [5.74, 6) is -0.494. The molecule has 2 amide bonds. The molecule has 2 aliphatic rings. The zero-order chi connectivity index (χ0) is 23.4. The lowest BCUT2D eigenvalue weighted by Gasteiger charge is -2.45. The Morgan fingerprint density at radius 3 is 2.56 bits per heavy atom. The van der Waals surface area contributed by atoms with Crippen molar-refractivity contribution in [3.8, 4) is 0 Å². The summed E-state index contributed by atoms with van der Waals surface area (Å²) >= 11 is 5.35. The molecule has 4 rings (SSSR count). The van der Waals surface area contributed by atoms with Crippen LogP contribution in [-0.4, -0.2) is 29.5 Å². The minimum absolute atomic E-state index is 0.0769. The summed E-state index contributed by atoms with van der Waals surface area (Å²) in [6.07, 6.45) is 2.70. The van der Waals surface area contributed by atoms with E-state index in [0.717, 1.165) is 23.1 Å². The fourth-order valence-corrected chi connectivity index (χ4v) is 4.98. The largest absolute Gasteiger partial charge is 0.369 e. The van der Waals surface area contributed by atoms with E-state index in [2.05, 4.69) is 50.2 Å². The number of hydrogen-bond acceptors (Lipinski definition) is 4. The van der Waals surface area contributed by atoms with E-state index in [9.17, 15) is 9.59 Å². The van der Waals surface area contributed by atoms with Gasteiger partial charge in [-0.2, -0.15) is 0 Å². The van der Waals surface area contributed by atoms with Crippen molar-refractivity contribution in [2.75, 3.05) is 16.8 Å². The van der Waals surface area contributed by atoms with E-state index in [4.69, 9.17) is 12.2 Å². The van der Waals surface area contributed by atoms with Crippen LogP contribution < -0.4 is 15.1 Å². The molecule has 0 unspecified atom stereocenters. The number of fused-ring (bicyclic) bond motifs is 1. The lowest BCUT2D eigenvalue weighted by Crippen LogP contribution is -2.54. The number of carbonyl (C=O) groups excluding carboxylic acids is 2. The van der Waals surface area contributed by atoms with Crippen LogP contribution in [0, 0.1) is 13.8 Å². The molecule has 0 saturated carbocycles. The molecule has 166 valence electrons. The predicted molar refractivity (Wildman–Crippen MR) is 134 cm³/mol. The van der Waals surface area contributed by atoms with Gasteiger partial charge in [-0.3, -0.25) is 19.8 Å². The maximum atomic E-state index is 13.4. The number of thiocarbonyl (C=S) groups is 1. The molecule has 2 aromatic rings. The molecule has 0 radical (unpaired) electrons. The molecule has 1 fully saturated rings. The van der Waals surface area contributed by atoms with Crippen LogP contribution >= 0.6 is 12.2 Å². The number of nitrogens with zero attached hydrogens (tertiary/aromatic N) is 2. The maximum Gasteiger partial charge on any atom is 0.270 e. The molecule has 2 aliphatic heterocycles. The van der Waals surface area contributed by atoms with Gasteiger partial charge < -0.3 is 4.90 Å². The molecule has 0 aromatic heterocycles. The molecule has 1 atom stereocenters. The quantitative estimate of drug-likeness (QED) is 0.406. The number of amides is 2. The van der Waals surface area contributed by atoms with E-state index in [1.54, 1.807) is 6.08 Å². The zero-order valence-corrected chi connectivity index (χ0v) is 20.3. The van der Waals surface area contributed by atoms with Crippen molar-refractivity contribution in [1.29, 1.82) is 0 Å². The topological polar surface area (TPSA) is 52.7 Å². The third-order valence-corrected chi connectivity index (χ3v) is 7.17. The normalized spacial score (nSPS) is 21.6. The highest BCUT2D eigenvalue weighted by Gasteiger charge is 2.36. The number of anilines is 2. The Hall–Kier alpha value is -2.99. The second-order valence-electron chi connectivity index (χ2n) is 9.47. The molecule has 1 saturated heterocycles. The van der Waals surface area contributed by atoms with E-state index in [0.29, 0.717) is 11.6 Å². The predicted octanol–water partition coefficient (Wildman–Crippen LogP) is 4.86. The SMILES string of the molecule is Cc1cccc(N2C(=O)/C(=C/c3ccc4c(c3)[C@H](C)CC(C)(C)N4C)C(=O)NC2=S)c1C. The van der Waals surface area contributed by atoms with Crippen molar-refractivity contribution in [3.05, 3.63) is 64.2 Å². The van der Waals surface area contributed by atoms with Crippen LogP contribution in [0.3, 0.4) is 0 Å². The van der Waals surface area contributed by atoms with Crippen molar-refractivity contribution in [1.82, 2.24) is 5.32 Å². The summed E-state index contributed by atoms with van der Waals surface area (Å²) < 4.78 is 0. The average Bonchev–Trinajstić information content (AvgIpc) is 2.72. The molecular formula is C26H29N3O2S. The number of hydrogen-bond donors (Lipinski definition) is 1. The Balaban J connectivity index is 1.75. The molecule has 1 N–H and O–H groups in total. The first kappa shape index (κ1) is 22.2. The fraction of sp³-hybridized carbons (Fsp3) is 0.346. The summed E-state index contributed by atoms with van der Waals surface area (Å²) in [6.45, 7) is 10.7. The lowest BCUT2D eigenvalue weighted by atomic mass is 9.80. The van der Waals surface area contributed by atoms with Gasteiger partial charge in [0.1, 0.15) is 5.57 Å². The van der Waals surface area contributed by atoms with Crippen LogP contribution in [-0.2, 0) is 9.59 Å². The van der Waals surface area contributed by atoms with Crippen LogP contribution in [0.5, 0.6) is 0 Å². The minimum Gasteiger partial charge on any atom is -0.369 e. The molecule has 6 heteroatoms. The Morgan fingerprint density at radius 2 is 1.84 bits per heavy atom. The van der Waals surface area contributed by atoms with E-state index >= 15 is 0 Å². The van der Waals surface area contributed by atoms with Crippen molar-refractivity contribution in [3.63, 3.8) is 0 Å². The first-order valence-corrected chi connectivity index (χ1v) is 11.3. The Labute approximate surface area is 195 Å². The van der Waals surface area contributed by atoms with E-state index in [1.165, 1.54) is 16.2 Å². The highest BCUT2D eigenvalue weighted by atomic mass is 32.1. The number of aryl methyl sites for hydroxylation is 1. The smallest absolute Gasteiger partial charge is 0.270 e. The van der Waals surface area contributed by atoms with Gasteiger partial charge in [0.25, 0.3) is 11.8 Å². The molecule has 0 spiro atoms. The van der Waals surface area contributed by atoms with Crippen LogP contribution in [0.25, 0.3) is 6.08 Å². The van der Waals surface area contributed by atoms with Gasteiger partial charge >= 0.3 is 0 Å². The molecule has 2 aromatic carbocycles. The Kier molecular flexibility index (Phi) is 5.45. The van der Waals surface area contributed by atoms with Gasteiger partial charge in [0.2, 0.25) is 0 Å². The van der Waals surface area contributed by atoms with Crippen molar-refractivity contribution >= 4 is 46.6 Å². The van der Waals surface area contributed by atoms with Crippen LogP contribution in [0.1, 0.15) is 55.4 Å². The molecule has 2 heterocycles.